The second-order valence-electron chi connectivity index (χ2n) is 7.82. The van der Waals surface area contributed by atoms with Crippen LogP contribution >= 0.6 is 12.2 Å². The highest BCUT2D eigenvalue weighted by Gasteiger charge is 2.12. The summed E-state index contributed by atoms with van der Waals surface area (Å²) in [7, 11) is 0. The number of unbranched alkanes of at least 4 members (excludes halogenated alkanes) is 1. The average Bonchev–Trinajstić information content (AvgIpc) is 2.85. The first-order chi connectivity index (χ1) is 16.5. The van der Waals surface area contributed by atoms with Crippen molar-refractivity contribution in [2.45, 2.75) is 32.7 Å². The SMILES string of the molecule is CCCCOc1ccc(C(=O)NC(=S)Nc2ccc(C(=O)NC(C)c3ccccc3)cc2)cc1. The van der Waals surface area contributed by atoms with Gasteiger partial charge in [0.25, 0.3) is 11.8 Å². The van der Waals surface area contributed by atoms with Crippen molar-refractivity contribution < 1.29 is 14.3 Å². The maximum absolute atomic E-state index is 12.5. The minimum atomic E-state index is -0.316. The van der Waals surface area contributed by atoms with Gasteiger partial charge in [-0.1, -0.05) is 43.7 Å². The van der Waals surface area contributed by atoms with E-state index >= 15 is 0 Å². The molecular weight excluding hydrogens is 446 g/mol. The first-order valence-electron chi connectivity index (χ1n) is 11.3. The summed E-state index contributed by atoms with van der Waals surface area (Å²) in [5.41, 5.74) is 2.71. The third kappa shape index (κ3) is 7.42. The average molecular weight is 476 g/mol. The van der Waals surface area contributed by atoms with Gasteiger partial charge in [-0.15, -0.1) is 0 Å². The molecule has 0 heterocycles. The Morgan fingerprint density at radius 2 is 1.50 bits per heavy atom. The van der Waals surface area contributed by atoms with E-state index in [1.165, 1.54) is 0 Å². The zero-order valence-electron chi connectivity index (χ0n) is 19.3. The van der Waals surface area contributed by atoms with Crippen molar-refractivity contribution in [2.75, 3.05) is 11.9 Å². The molecule has 3 rings (SSSR count). The van der Waals surface area contributed by atoms with Crippen molar-refractivity contribution >= 4 is 34.8 Å². The maximum Gasteiger partial charge on any atom is 0.257 e. The Labute approximate surface area is 205 Å². The third-order valence-electron chi connectivity index (χ3n) is 5.16. The molecule has 0 aliphatic rings. The lowest BCUT2D eigenvalue weighted by atomic mass is 10.1. The van der Waals surface area contributed by atoms with E-state index in [4.69, 9.17) is 17.0 Å². The fourth-order valence-electron chi connectivity index (χ4n) is 3.18. The van der Waals surface area contributed by atoms with E-state index in [0.717, 1.165) is 24.2 Å². The molecule has 0 aliphatic carbocycles. The van der Waals surface area contributed by atoms with Gasteiger partial charge in [-0.05, 0) is 79.7 Å². The zero-order chi connectivity index (χ0) is 24.3. The lowest BCUT2D eigenvalue weighted by Crippen LogP contribution is -2.34. The molecule has 0 saturated heterocycles. The van der Waals surface area contributed by atoms with Crippen LogP contribution in [-0.2, 0) is 0 Å². The summed E-state index contributed by atoms with van der Waals surface area (Å²) in [4.78, 5) is 25.0. The Balaban J connectivity index is 1.49. The van der Waals surface area contributed by atoms with Crippen LogP contribution < -0.4 is 20.7 Å². The Morgan fingerprint density at radius 3 is 2.15 bits per heavy atom. The fourth-order valence-corrected chi connectivity index (χ4v) is 3.40. The third-order valence-corrected chi connectivity index (χ3v) is 5.37. The number of anilines is 1. The molecule has 0 aliphatic heterocycles. The number of carbonyl (C=O) groups excluding carboxylic acids is 2. The summed E-state index contributed by atoms with van der Waals surface area (Å²) in [5.74, 6) is 0.248. The molecule has 2 amide bonds. The van der Waals surface area contributed by atoms with Gasteiger partial charge in [-0.2, -0.15) is 0 Å². The largest absolute Gasteiger partial charge is 0.494 e. The van der Waals surface area contributed by atoms with Gasteiger partial charge in [-0.3, -0.25) is 14.9 Å². The second-order valence-corrected chi connectivity index (χ2v) is 8.23. The molecule has 6 nitrogen and oxygen atoms in total. The van der Waals surface area contributed by atoms with Gasteiger partial charge in [0.05, 0.1) is 12.6 Å². The van der Waals surface area contributed by atoms with Crippen molar-refractivity contribution in [3.05, 3.63) is 95.6 Å². The highest BCUT2D eigenvalue weighted by atomic mass is 32.1. The minimum Gasteiger partial charge on any atom is -0.494 e. The zero-order valence-corrected chi connectivity index (χ0v) is 20.2. The molecule has 0 aromatic heterocycles. The van der Waals surface area contributed by atoms with Crippen LogP contribution in [0.5, 0.6) is 5.75 Å². The van der Waals surface area contributed by atoms with Crippen LogP contribution in [0.4, 0.5) is 5.69 Å². The molecule has 0 saturated carbocycles. The van der Waals surface area contributed by atoms with E-state index in [2.05, 4.69) is 22.9 Å². The van der Waals surface area contributed by atoms with Gasteiger partial charge in [0.1, 0.15) is 5.75 Å². The van der Waals surface area contributed by atoms with Crippen LogP contribution in [0.15, 0.2) is 78.9 Å². The summed E-state index contributed by atoms with van der Waals surface area (Å²) < 4.78 is 5.61. The van der Waals surface area contributed by atoms with Gasteiger partial charge in [0.2, 0.25) is 0 Å². The number of ether oxygens (including phenoxy) is 1. The molecule has 1 unspecified atom stereocenters. The number of amides is 2. The van der Waals surface area contributed by atoms with Crippen LogP contribution in [-0.4, -0.2) is 23.5 Å². The van der Waals surface area contributed by atoms with Gasteiger partial charge in [-0.25, -0.2) is 0 Å². The van der Waals surface area contributed by atoms with Crippen molar-refractivity contribution in [2.24, 2.45) is 0 Å². The molecule has 7 heteroatoms. The maximum atomic E-state index is 12.5. The van der Waals surface area contributed by atoms with Gasteiger partial charge in [0, 0.05) is 16.8 Å². The molecular formula is C27H29N3O3S. The molecule has 3 aromatic carbocycles. The smallest absolute Gasteiger partial charge is 0.257 e. The normalized spacial score (nSPS) is 11.2. The Bertz CT molecular complexity index is 1100. The Hall–Kier alpha value is -3.71. The summed E-state index contributed by atoms with van der Waals surface area (Å²) in [6, 6.07) is 23.5. The number of hydrogen-bond acceptors (Lipinski definition) is 4. The van der Waals surface area contributed by atoms with E-state index in [0.29, 0.717) is 23.4 Å². The molecule has 34 heavy (non-hydrogen) atoms. The van der Waals surface area contributed by atoms with Crippen molar-refractivity contribution in [3.8, 4) is 5.75 Å². The topological polar surface area (TPSA) is 79.5 Å². The van der Waals surface area contributed by atoms with Gasteiger partial charge >= 0.3 is 0 Å². The number of carbonyl (C=O) groups is 2. The molecule has 0 fully saturated rings. The Kier molecular flexibility index (Phi) is 9.17. The first-order valence-corrected chi connectivity index (χ1v) is 11.7. The summed E-state index contributed by atoms with van der Waals surface area (Å²) in [6.45, 7) is 4.70. The molecule has 3 aromatic rings. The summed E-state index contributed by atoms with van der Waals surface area (Å²) >= 11 is 5.26. The van der Waals surface area contributed by atoms with Gasteiger partial charge < -0.3 is 15.4 Å². The van der Waals surface area contributed by atoms with E-state index in [1.807, 2.05) is 37.3 Å². The molecule has 176 valence electrons. The lowest BCUT2D eigenvalue weighted by Gasteiger charge is -2.15. The standard InChI is InChI=1S/C27H29N3O3S/c1-3-4-18-33-24-16-12-22(13-17-24)26(32)30-27(34)29-23-14-10-21(11-15-23)25(31)28-19(2)20-8-6-5-7-9-20/h5-17,19H,3-4,18H2,1-2H3,(H,28,31)(H2,29,30,32,34). The number of benzene rings is 3. The van der Waals surface area contributed by atoms with E-state index in [1.54, 1.807) is 48.5 Å². The highest BCUT2D eigenvalue weighted by molar-refractivity contribution is 7.80. The number of nitrogens with one attached hydrogen (secondary N) is 3. The van der Waals surface area contributed by atoms with E-state index in [-0.39, 0.29) is 23.0 Å². The monoisotopic (exact) mass is 475 g/mol. The molecule has 0 radical (unpaired) electrons. The van der Waals surface area contributed by atoms with Crippen LogP contribution in [0.25, 0.3) is 0 Å². The van der Waals surface area contributed by atoms with Crippen LogP contribution in [0, 0.1) is 0 Å². The van der Waals surface area contributed by atoms with E-state index < -0.39 is 0 Å². The van der Waals surface area contributed by atoms with Crippen LogP contribution in [0.1, 0.15) is 59.0 Å². The summed E-state index contributed by atoms with van der Waals surface area (Å²) in [6.07, 6.45) is 2.05. The van der Waals surface area contributed by atoms with E-state index in [9.17, 15) is 9.59 Å². The lowest BCUT2D eigenvalue weighted by molar-refractivity contribution is 0.0938. The highest BCUT2D eigenvalue weighted by Crippen LogP contribution is 2.15. The van der Waals surface area contributed by atoms with Crippen LogP contribution in [0.2, 0.25) is 0 Å². The van der Waals surface area contributed by atoms with Crippen molar-refractivity contribution in [3.63, 3.8) is 0 Å². The molecule has 3 N–H and O–H groups in total. The summed E-state index contributed by atoms with van der Waals surface area (Å²) in [5, 5.41) is 8.78. The molecule has 0 bridgehead atoms. The number of hydrogen-bond donors (Lipinski definition) is 3. The minimum absolute atomic E-state index is 0.105. The van der Waals surface area contributed by atoms with Crippen LogP contribution in [0.3, 0.4) is 0 Å². The van der Waals surface area contributed by atoms with Gasteiger partial charge in [0.15, 0.2) is 5.11 Å². The van der Waals surface area contributed by atoms with Crippen molar-refractivity contribution in [1.29, 1.82) is 0 Å². The number of thiocarbonyl (C=S) groups is 1. The number of rotatable bonds is 9. The first kappa shape index (κ1) is 24.9. The predicted molar refractivity (Wildman–Crippen MR) is 139 cm³/mol. The van der Waals surface area contributed by atoms with Crippen molar-refractivity contribution in [1.82, 2.24) is 10.6 Å². The second kappa shape index (κ2) is 12.5. The quantitative estimate of drug-likeness (QED) is 0.282. The predicted octanol–water partition coefficient (Wildman–Crippen LogP) is 5.48. The fraction of sp³-hybridized carbons (Fsp3) is 0.222. The Morgan fingerprint density at radius 1 is 0.882 bits per heavy atom. The molecule has 0 spiro atoms. The molecule has 1 atom stereocenters.